The van der Waals surface area contributed by atoms with Gasteiger partial charge < -0.3 is 5.32 Å². The van der Waals surface area contributed by atoms with E-state index >= 15 is 0 Å². The van der Waals surface area contributed by atoms with E-state index in [0.717, 1.165) is 22.7 Å². The number of hydrogen-bond acceptors (Lipinski definition) is 2. The van der Waals surface area contributed by atoms with Gasteiger partial charge in [-0.15, -0.1) is 0 Å². The monoisotopic (exact) mass is 347 g/mol. The van der Waals surface area contributed by atoms with Crippen molar-refractivity contribution in [2.24, 2.45) is 0 Å². The molecule has 0 saturated carbocycles. The van der Waals surface area contributed by atoms with Crippen molar-refractivity contribution >= 4 is 34.7 Å². The van der Waals surface area contributed by atoms with Crippen LogP contribution in [0.2, 0.25) is 10.0 Å². The maximum Gasteiger partial charge on any atom is 0.139 e. The van der Waals surface area contributed by atoms with Crippen molar-refractivity contribution in [3.8, 4) is 11.3 Å². The van der Waals surface area contributed by atoms with Gasteiger partial charge in [-0.05, 0) is 57.5 Å². The van der Waals surface area contributed by atoms with Gasteiger partial charge in [0.1, 0.15) is 17.2 Å². The van der Waals surface area contributed by atoms with Crippen LogP contribution >= 0.6 is 23.2 Å². The second-order valence-corrected chi connectivity index (χ2v) is 7.65. The van der Waals surface area contributed by atoms with Crippen LogP contribution in [0, 0.1) is 6.92 Å². The van der Waals surface area contributed by atoms with E-state index in [2.05, 4.69) is 49.7 Å². The van der Waals surface area contributed by atoms with Gasteiger partial charge in [-0.2, -0.15) is 0 Å². The molecule has 120 valence electrons. The minimum Gasteiger partial charge on any atom is -0.365 e. The third kappa shape index (κ3) is 3.46. The quantitative estimate of drug-likeness (QED) is 0.632. The summed E-state index contributed by atoms with van der Waals surface area (Å²) in [5, 5.41) is 4.75. The van der Waals surface area contributed by atoms with Gasteiger partial charge in [0, 0.05) is 27.3 Å². The van der Waals surface area contributed by atoms with Gasteiger partial charge in [0.05, 0.1) is 0 Å². The van der Waals surface area contributed by atoms with Crippen LogP contribution in [-0.2, 0) is 0 Å². The van der Waals surface area contributed by atoms with Crippen molar-refractivity contribution in [1.29, 1.82) is 0 Å². The standard InChI is InChI=1S/C18H19Cl2N3/c1-11-5-6-15-21-16(12-7-13(19)9-14(20)8-12)17(23(15)10-11)22-18(2,3)4/h5-10,22H,1-4H3. The number of rotatable bonds is 2. The van der Waals surface area contributed by atoms with Crippen LogP contribution in [0.3, 0.4) is 0 Å². The van der Waals surface area contributed by atoms with Gasteiger partial charge in [-0.3, -0.25) is 4.40 Å². The zero-order valence-electron chi connectivity index (χ0n) is 13.6. The Morgan fingerprint density at radius 3 is 2.30 bits per heavy atom. The number of aryl methyl sites for hydroxylation is 1. The number of hydrogen-bond donors (Lipinski definition) is 1. The fourth-order valence-electron chi connectivity index (χ4n) is 2.52. The molecule has 2 heterocycles. The molecule has 2 aromatic heterocycles. The highest BCUT2D eigenvalue weighted by molar-refractivity contribution is 6.35. The number of anilines is 1. The minimum atomic E-state index is -0.100. The largest absolute Gasteiger partial charge is 0.365 e. The molecule has 0 atom stereocenters. The Balaban J connectivity index is 2.28. The van der Waals surface area contributed by atoms with Gasteiger partial charge in [0.15, 0.2) is 0 Å². The summed E-state index contributed by atoms with van der Waals surface area (Å²) in [5.74, 6) is 0.939. The van der Waals surface area contributed by atoms with Crippen LogP contribution < -0.4 is 5.32 Å². The van der Waals surface area contributed by atoms with Crippen molar-refractivity contribution in [1.82, 2.24) is 9.38 Å². The molecule has 3 nitrogen and oxygen atoms in total. The number of nitrogens with one attached hydrogen (secondary N) is 1. The third-order valence-corrected chi connectivity index (χ3v) is 3.83. The number of pyridine rings is 1. The molecule has 5 heteroatoms. The Labute approximate surface area is 146 Å². The molecule has 23 heavy (non-hydrogen) atoms. The lowest BCUT2D eigenvalue weighted by Crippen LogP contribution is -2.27. The van der Waals surface area contributed by atoms with Crippen LogP contribution in [-0.4, -0.2) is 14.9 Å². The van der Waals surface area contributed by atoms with Gasteiger partial charge in [-0.25, -0.2) is 4.98 Å². The minimum absolute atomic E-state index is 0.100. The summed E-state index contributed by atoms with van der Waals surface area (Å²) < 4.78 is 2.07. The predicted octanol–water partition coefficient (Wildman–Crippen LogP) is 5.83. The van der Waals surface area contributed by atoms with Crippen LogP contribution in [0.4, 0.5) is 5.82 Å². The number of imidazole rings is 1. The first-order valence-corrected chi connectivity index (χ1v) is 8.22. The first-order chi connectivity index (χ1) is 10.7. The van der Waals surface area contributed by atoms with Crippen molar-refractivity contribution in [2.45, 2.75) is 33.2 Å². The maximum absolute atomic E-state index is 6.17. The predicted molar refractivity (Wildman–Crippen MR) is 98.8 cm³/mol. The normalized spacial score (nSPS) is 11.9. The number of nitrogens with zero attached hydrogens (tertiary/aromatic N) is 2. The Morgan fingerprint density at radius 1 is 1.04 bits per heavy atom. The Morgan fingerprint density at radius 2 is 1.70 bits per heavy atom. The average molecular weight is 348 g/mol. The Hall–Kier alpha value is -1.71. The fourth-order valence-corrected chi connectivity index (χ4v) is 3.04. The second kappa shape index (κ2) is 5.73. The van der Waals surface area contributed by atoms with E-state index in [0.29, 0.717) is 10.0 Å². The SMILES string of the molecule is Cc1ccc2nc(-c3cc(Cl)cc(Cl)c3)c(NC(C)(C)C)n2c1. The maximum atomic E-state index is 6.17. The molecule has 0 fully saturated rings. The Kier molecular flexibility index (Phi) is 4.03. The highest BCUT2D eigenvalue weighted by Gasteiger charge is 2.19. The molecule has 0 bridgehead atoms. The summed E-state index contributed by atoms with van der Waals surface area (Å²) in [5.41, 5.74) is 3.69. The molecule has 0 spiro atoms. The van der Waals surface area contributed by atoms with Gasteiger partial charge >= 0.3 is 0 Å². The van der Waals surface area contributed by atoms with Crippen molar-refractivity contribution < 1.29 is 0 Å². The Bertz CT molecular complexity index is 856. The van der Waals surface area contributed by atoms with Gasteiger partial charge in [0.25, 0.3) is 0 Å². The van der Waals surface area contributed by atoms with E-state index in [1.165, 1.54) is 5.56 Å². The molecule has 0 aliphatic rings. The van der Waals surface area contributed by atoms with Gasteiger partial charge in [0.2, 0.25) is 0 Å². The number of benzene rings is 1. The molecule has 0 aliphatic carbocycles. The summed E-state index contributed by atoms with van der Waals surface area (Å²) >= 11 is 12.3. The van der Waals surface area contributed by atoms with E-state index in [9.17, 15) is 0 Å². The van der Waals surface area contributed by atoms with Gasteiger partial charge in [-0.1, -0.05) is 29.3 Å². The summed E-state index contributed by atoms with van der Waals surface area (Å²) in [6.45, 7) is 8.43. The summed E-state index contributed by atoms with van der Waals surface area (Å²) in [6.07, 6.45) is 2.08. The molecule has 0 amide bonds. The van der Waals surface area contributed by atoms with Crippen LogP contribution in [0.25, 0.3) is 16.9 Å². The second-order valence-electron chi connectivity index (χ2n) is 6.78. The van der Waals surface area contributed by atoms with E-state index in [1.54, 1.807) is 6.07 Å². The summed E-state index contributed by atoms with van der Waals surface area (Å²) in [7, 11) is 0. The first kappa shape index (κ1) is 16.2. The van der Waals surface area contributed by atoms with Crippen molar-refractivity contribution in [3.05, 3.63) is 52.1 Å². The average Bonchev–Trinajstić information content (AvgIpc) is 2.74. The summed E-state index contributed by atoms with van der Waals surface area (Å²) in [4.78, 5) is 4.77. The third-order valence-electron chi connectivity index (χ3n) is 3.40. The van der Waals surface area contributed by atoms with E-state index < -0.39 is 0 Å². The van der Waals surface area contributed by atoms with Crippen LogP contribution in [0.5, 0.6) is 0 Å². The highest BCUT2D eigenvalue weighted by Crippen LogP contribution is 2.34. The lowest BCUT2D eigenvalue weighted by atomic mass is 10.1. The number of fused-ring (bicyclic) bond motifs is 1. The van der Waals surface area contributed by atoms with E-state index in [4.69, 9.17) is 28.2 Å². The molecule has 1 aromatic carbocycles. The van der Waals surface area contributed by atoms with Crippen molar-refractivity contribution in [3.63, 3.8) is 0 Å². The molecule has 0 aliphatic heterocycles. The van der Waals surface area contributed by atoms with Crippen LogP contribution in [0.15, 0.2) is 36.5 Å². The molecule has 0 saturated heterocycles. The zero-order chi connectivity index (χ0) is 16.8. The first-order valence-electron chi connectivity index (χ1n) is 7.46. The molecule has 0 radical (unpaired) electrons. The lowest BCUT2D eigenvalue weighted by Gasteiger charge is -2.22. The molecule has 1 N–H and O–H groups in total. The highest BCUT2D eigenvalue weighted by atomic mass is 35.5. The van der Waals surface area contributed by atoms with E-state index in [1.807, 2.05) is 18.2 Å². The lowest BCUT2D eigenvalue weighted by molar-refractivity contribution is 0.629. The topological polar surface area (TPSA) is 29.3 Å². The molecule has 3 rings (SSSR count). The molecule has 0 unspecified atom stereocenters. The smallest absolute Gasteiger partial charge is 0.139 e. The molecule has 3 aromatic rings. The number of aromatic nitrogens is 2. The van der Waals surface area contributed by atoms with Crippen molar-refractivity contribution in [2.75, 3.05) is 5.32 Å². The fraction of sp³-hybridized carbons (Fsp3) is 0.278. The zero-order valence-corrected chi connectivity index (χ0v) is 15.1. The number of halogens is 2. The van der Waals surface area contributed by atoms with Crippen LogP contribution in [0.1, 0.15) is 26.3 Å². The molecular weight excluding hydrogens is 329 g/mol. The molecular formula is C18H19Cl2N3. The summed E-state index contributed by atoms with van der Waals surface area (Å²) in [6, 6.07) is 9.56. The van der Waals surface area contributed by atoms with E-state index in [-0.39, 0.29) is 5.54 Å².